The normalized spacial score (nSPS) is 10.1. The van der Waals surface area contributed by atoms with Crippen LogP contribution in [0.1, 0.15) is 0 Å². The van der Waals surface area contributed by atoms with E-state index in [1.165, 1.54) is 21.5 Å². The molecule has 0 saturated heterocycles. The zero-order chi connectivity index (χ0) is 9.38. The van der Waals surface area contributed by atoms with Crippen molar-refractivity contribution >= 4 is 21.5 Å². The molecule has 0 atom stereocenters. The number of fused-ring (bicyclic) bond motifs is 3. The summed E-state index contributed by atoms with van der Waals surface area (Å²) in [5.41, 5.74) is 0. The smallest absolute Gasteiger partial charge is 0.147 e. The third kappa shape index (κ3) is 1.67. The Kier molecular flexibility index (Phi) is 2.82. The summed E-state index contributed by atoms with van der Waals surface area (Å²) in [5, 5.41) is 5.03. The Morgan fingerprint density at radius 2 is 1.47 bits per heavy atom. The van der Waals surface area contributed by atoms with Gasteiger partial charge in [0.15, 0.2) is 0 Å². The Labute approximate surface area is 101 Å². The van der Waals surface area contributed by atoms with Gasteiger partial charge in [0.05, 0.1) is 0 Å². The van der Waals surface area contributed by atoms with E-state index in [1.54, 1.807) is 0 Å². The van der Waals surface area contributed by atoms with E-state index in [9.17, 15) is 0 Å². The van der Waals surface area contributed by atoms with Crippen LogP contribution in [0.15, 0.2) is 54.6 Å². The zero-order valence-electron chi connectivity index (χ0n) is 8.70. The Balaban J connectivity index is 0.000000853. The van der Waals surface area contributed by atoms with Crippen molar-refractivity contribution in [2.45, 2.75) is 0 Å². The maximum absolute atomic E-state index is 3.29. The van der Waals surface area contributed by atoms with Crippen LogP contribution in [0.2, 0.25) is 0 Å². The van der Waals surface area contributed by atoms with Crippen molar-refractivity contribution in [1.82, 2.24) is 0 Å². The molecule has 0 radical (unpaired) electrons. The molecule has 0 aliphatic heterocycles. The van der Waals surface area contributed by atoms with Crippen LogP contribution in [-0.2, 0) is 0 Å². The van der Waals surface area contributed by atoms with Gasteiger partial charge in [-0.15, -0.1) is 35.0 Å². The summed E-state index contributed by atoms with van der Waals surface area (Å²) in [6, 6.07) is 22.1. The van der Waals surface area contributed by atoms with Gasteiger partial charge in [-0.05, 0) is 0 Å². The molecule has 3 rings (SSSR count). The molecule has 1 heteroatoms. The SMILES string of the molecule is [Li+].[c-]1cccc2ccc3ccccc3c12. The maximum Gasteiger partial charge on any atom is 1.00 e. The van der Waals surface area contributed by atoms with E-state index in [1.807, 2.05) is 12.1 Å². The molecule has 0 fully saturated rings. The summed E-state index contributed by atoms with van der Waals surface area (Å²) in [4.78, 5) is 0. The van der Waals surface area contributed by atoms with Crippen molar-refractivity contribution in [2.24, 2.45) is 0 Å². The summed E-state index contributed by atoms with van der Waals surface area (Å²) in [6.07, 6.45) is 0. The molecule has 3 aromatic rings. The fraction of sp³-hybridized carbons (Fsp3) is 0. The first kappa shape index (κ1) is 10.3. The topological polar surface area (TPSA) is 0 Å². The summed E-state index contributed by atoms with van der Waals surface area (Å²) >= 11 is 0. The van der Waals surface area contributed by atoms with E-state index >= 15 is 0 Å². The van der Waals surface area contributed by atoms with Crippen molar-refractivity contribution in [2.75, 3.05) is 0 Å². The first-order chi connectivity index (χ1) is 6.95. The predicted molar refractivity (Wildman–Crippen MR) is 60.3 cm³/mol. The number of rotatable bonds is 0. The molecular weight excluding hydrogens is 175 g/mol. The third-order valence-electron chi connectivity index (χ3n) is 2.56. The van der Waals surface area contributed by atoms with Crippen LogP contribution >= 0.6 is 0 Å². The van der Waals surface area contributed by atoms with Crippen molar-refractivity contribution < 1.29 is 18.9 Å². The fourth-order valence-corrected chi connectivity index (χ4v) is 1.87. The maximum atomic E-state index is 3.29. The minimum absolute atomic E-state index is 0. The van der Waals surface area contributed by atoms with Crippen LogP contribution in [0.5, 0.6) is 0 Å². The van der Waals surface area contributed by atoms with Gasteiger partial charge in [0.1, 0.15) is 0 Å². The van der Waals surface area contributed by atoms with Gasteiger partial charge in [-0.3, -0.25) is 0 Å². The summed E-state index contributed by atoms with van der Waals surface area (Å²) in [6.45, 7) is 0. The first-order valence-corrected chi connectivity index (χ1v) is 4.73. The van der Waals surface area contributed by atoms with E-state index in [0.29, 0.717) is 0 Å². The Morgan fingerprint density at radius 1 is 0.733 bits per heavy atom. The standard InChI is InChI=1S/C14H9.Li/c1-3-7-13-11(5-1)9-10-12-6-2-4-8-14(12)13;/h1-7,9-10H;/q-1;+1. The molecule has 66 valence electrons. The predicted octanol–water partition coefficient (Wildman–Crippen LogP) is 0.797. The van der Waals surface area contributed by atoms with E-state index in [4.69, 9.17) is 0 Å². The van der Waals surface area contributed by atoms with Crippen LogP contribution in [0.4, 0.5) is 0 Å². The van der Waals surface area contributed by atoms with Crippen molar-refractivity contribution in [3.63, 3.8) is 0 Å². The molecule has 0 N–H and O–H groups in total. The molecule has 0 bridgehead atoms. The molecule has 0 amide bonds. The van der Waals surface area contributed by atoms with Crippen molar-refractivity contribution in [1.29, 1.82) is 0 Å². The summed E-state index contributed by atoms with van der Waals surface area (Å²) < 4.78 is 0. The molecule has 0 spiro atoms. The molecule has 0 aromatic heterocycles. The monoisotopic (exact) mass is 184 g/mol. The van der Waals surface area contributed by atoms with Crippen LogP contribution in [0.3, 0.4) is 0 Å². The Morgan fingerprint density at radius 3 is 2.40 bits per heavy atom. The minimum Gasteiger partial charge on any atom is -0.147 e. The molecule has 3 aromatic carbocycles. The molecule has 0 heterocycles. The Hall–Kier alpha value is -1.22. The average Bonchev–Trinajstić information content (AvgIpc) is 2.29. The van der Waals surface area contributed by atoms with E-state index in [2.05, 4.69) is 48.5 Å². The van der Waals surface area contributed by atoms with Gasteiger partial charge in [0.2, 0.25) is 0 Å². The summed E-state index contributed by atoms with van der Waals surface area (Å²) in [5.74, 6) is 0. The second-order valence-electron chi connectivity index (χ2n) is 3.42. The average molecular weight is 184 g/mol. The first-order valence-electron chi connectivity index (χ1n) is 4.73. The molecule has 15 heavy (non-hydrogen) atoms. The largest absolute Gasteiger partial charge is 1.00 e. The van der Waals surface area contributed by atoms with Gasteiger partial charge in [-0.2, -0.15) is 0 Å². The molecule has 0 aliphatic carbocycles. The minimum atomic E-state index is 0. The van der Waals surface area contributed by atoms with Gasteiger partial charge in [0.25, 0.3) is 0 Å². The van der Waals surface area contributed by atoms with Gasteiger partial charge < -0.3 is 0 Å². The van der Waals surface area contributed by atoms with Crippen molar-refractivity contribution in [3.05, 3.63) is 60.7 Å². The number of benzene rings is 3. The molecule has 0 aliphatic rings. The van der Waals surface area contributed by atoms with Gasteiger partial charge in [-0.1, -0.05) is 47.2 Å². The van der Waals surface area contributed by atoms with E-state index in [-0.39, 0.29) is 18.9 Å². The quantitative estimate of drug-likeness (QED) is 0.275. The zero-order valence-corrected chi connectivity index (χ0v) is 8.70. The van der Waals surface area contributed by atoms with Gasteiger partial charge in [-0.25, -0.2) is 0 Å². The molecule has 0 unspecified atom stereocenters. The van der Waals surface area contributed by atoms with Crippen molar-refractivity contribution in [3.8, 4) is 0 Å². The van der Waals surface area contributed by atoms with Crippen LogP contribution in [-0.4, -0.2) is 0 Å². The van der Waals surface area contributed by atoms with Gasteiger partial charge in [0, 0.05) is 0 Å². The van der Waals surface area contributed by atoms with Crippen LogP contribution in [0.25, 0.3) is 21.5 Å². The molecule has 0 nitrogen and oxygen atoms in total. The second-order valence-corrected chi connectivity index (χ2v) is 3.42. The van der Waals surface area contributed by atoms with Crippen LogP contribution in [0, 0.1) is 6.07 Å². The summed E-state index contributed by atoms with van der Waals surface area (Å²) in [7, 11) is 0. The van der Waals surface area contributed by atoms with E-state index in [0.717, 1.165) is 0 Å². The number of hydrogen-bond acceptors (Lipinski definition) is 0. The Bertz CT molecular complexity index is 544. The third-order valence-corrected chi connectivity index (χ3v) is 2.56. The van der Waals surface area contributed by atoms with Gasteiger partial charge >= 0.3 is 18.9 Å². The van der Waals surface area contributed by atoms with Crippen LogP contribution < -0.4 is 18.9 Å². The molecular formula is C14H9Li. The molecule has 0 saturated carbocycles. The fourth-order valence-electron chi connectivity index (χ4n) is 1.87. The van der Waals surface area contributed by atoms with E-state index < -0.39 is 0 Å². The second kappa shape index (κ2) is 4.11. The number of hydrogen-bond donors (Lipinski definition) is 0.